The van der Waals surface area contributed by atoms with Crippen LogP contribution in [0.4, 0.5) is 0 Å². The Balaban J connectivity index is 3.79. The molecule has 0 N–H and O–H groups in total. The van der Waals surface area contributed by atoms with Gasteiger partial charge in [-0.15, -0.1) is 0 Å². The second-order valence-electron chi connectivity index (χ2n) is 3.74. The first-order valence-corrected chi connectivity index (χ1v) is 5.49. The van der Waals surface area contributed by atoms with E-state index in [1.807, 2.05) is 0 Å². The van der Waals surface area contributed by atoms with Crippen molar-refractivity contribution in [1.29, 1.82) is 0 Å². The molecule has 0 radical (unpaired) electrons. The summed E-state index contributed by atoms with van der Waals surface area (Å²) in [6.07, 6.45) is 5.18. The molecule has 0 bridgehead atoms. The molecule has 0 aliphatic heterocycles. The Hall–Kier alpha value is 0.177. The van der Waals surface area contributed by atoms with E-state index in [0.29, 0.717) is 5.41 Å². The van der Waals surface area contributed by atoms with Crippen LogP contribution >= 0.6 is 0 Å². The van der Waals surface area contributed by atoms with Crippen LogP contribution in [-0.2, 0) is 4.43 Å². The summed E-state index contributed by atoms with van der Waals surface area (Å²) < 4.78 is 5.35. The first-order chi connectivity index (χ1) is 5.18. The lowest BCUT2D eigenvalue weighted by Crippen LogP contribution is -2.22. The summed E-state index contributed by atoms with van der Waals surface area (Å²) in [5.74, 6) is 0. The Kier molecular flexibility index (Phi) is 5.87. The molecule has 68 valence electrons. The fourth-order valence-corrected chi connectivity index (χ4v) is 2.52. The average molecular weight is 174 g/mol. The van der Waals surface area contributed by atoms with Crippen LogP contribution in [-0.4, -0.2) is 17.1 Å². The van der Waals surface area contributed by atoms with E-state index < -0.39 is 0 Å². The van der Waals surface area contributed by atoms with Gasteiger partial charge in [0.15, 0.2) is 0 Å². The van der Waals surface area contributed by atoms with Crippen LogP contribution in [0.2, 0.25) is 0 Å². The number of hydrogen-bond acceptors (Lipinski definition) is 1. The lowest BCUT2D eigenvalue weighted by molar-refractivity contribution is 0.147. The molecule has 11 heavy (non-hydrogen) atoms. The van der Waals surface area contributed by atoms with Crippen molar-refractivity contribution in [2.45, 2.75) is 46.5 Å². The predicted molar refractivity (Wildman–Crippen MR) is 53.8 cm³/mol. The predicted octanol–water partition coefficient (Wildman–Crippen LogP) is 1.89. The highest BCUT2D eigenvalue weighted by atomic mass is 28.2. The van der Waals surface area contributed by atoms with Crippen molar-refractivity contribution in [1.82, 2.24) is 0 Å². The van der Waals surface area contributed by atoms with Crippen molar-refractivity contribution in [2.24, 2.45) is 5.41 Å². The fourth-order valence-electron chi connectivity index (χ4n) is 1.82. The van der Waals surface area contributed by atoms with Crippen molar-refractivity contribution in [3.8, 4) is 0 Å². The minimum atomic E-state index is 0.464. The molecule has 0 heterocycles. The van der Waals surface area contributed by atoms with Crippen LogP contribution < -0.4 is 0 Å². The first kappa shape index (κ1) is 11.2. The lowest BCUT2D eigenvalue weighted by Gasteiger charge is -2.28. The molecule has 0 rings (SSSR count). The Labute approximate surface area is 74.1 Å². The van der Waals surface area contributed by atoms with E-state index in [-0.39, 0.29) is 0 Å². The molecule has 0 aliphatic carbocycles. The fraction of sp³-hybridized carbons (Fsp3) is 1.00. The normalized spacial score (nSPS) is 12.3. The molecule has 0 atom stereocenters. The van der Waals surface area contributed by atoms with Gasteiger partial charge in [0.25, 0.3) is 0 Å². The Bertz CT molecular complexity index is 76.5. The molecule has 2 heteroatoms. The summed E-state index contributed by atoms with van der Waals surface area (Å²) in [4.78, 5) is 0. The summed E-state index contributed by atoms with van der Waals surface area (Å²) in [5, 5.41) is 0. The van der Waals surface area contributed by atoms with Crippen molar-refractivity contribution in [3.63, 3.8) is 0 Å². The molecule has 0 aromatic carbocycles. The van der Waals surface area contributed by atoms with Gasteiger partial charge in [0.2, 0.25) is 0 Å². The van der Waals surface area contributed by atoms with Gasteiger partial charge >= 0.3 is 0 Å². The zero-order valence-corrected chi connectivity index (χ0v) is 10.4. The van der Waals surface area contributed by atoms with E-state index in [4.69, 9.17) is 4.43 Å². The van der Waals surface area contributed by atoms with E-state index in [0.717, 1.165) is 17.1 Å². The zero-order valence-electron chi connectivity index (χ0n) is 8.44. The molecule has 0 amide bonds. The van der Waals surface area contributed by atoms with E-state index >= 15 is 0 Å². The SMILES string of the molecule is CCCC(C)(CCC)CO[SiH3]. The van der Waals surface area contributed by atoms with Gasteiger partial charge in [-0.05, 0) is 18.3 Å². The van der Waals surface area contributed by atoms with Crippen LogP contribution in [0.1, 0.15) is 46.5 Å². The van der Waals surface area contributed by atoms with Crippen LogP contribution in [0.3, 0.4) is 0 Å². The maximum Gasteiger partial charge on any atom is 0.145 e. The third-order valence-electron chi connectivity index (χ3n) is 2.20. The van der Waals surface area contributed by atoms with Gasteiger partial charge in [-0.25, -0.2) is 0 Å². The maximum atomic E-state index is 5.35. The molecular formula is C9H22OSi. The largest absolute Gasteiger partial charge is 0.427 e. The summed E-state index contributed by atoms with van der Waals surface area (Å²) in [5.41, 5.74) is 0.464. The maximum absolute atomic E-state index is 5.35. The Morgan fingerprint density at radius 2 is 1.64 bits per heavy atom. The Morgan fingerprint density at radius 3 is 1.91 bits per heavy atom. The van der Waals surface area contributed by atoms with Crippen molar-refractivity contribution in [3.05, 3.63) is 0 Å². The van der Waals surface area contributed by atoms with Crippen LogP contribution in [0.15, 0.2) is 0 Å². The van der Waals surface area contributed by atoms with Crippen LogP contribution in [0.5, 0.6) is 0 Å². The standard InChI is InChI=1S/C9H22OSi/c1-4-6-9(3,7-5-2)8-10-11/h4-8H2,1-3,11H3. The van der Waals surface area contributed by atoms with Crippen LogP contribution in [0.25, 0.3) is 0 Å². The van der Waals surface area contributed by atoms with E-state index in [9.17, 15) is 0 Å². The highest BCUT2D eigenvalue weighted by Gasteiger charge is 2.21. The van der Waals surface area contributed by atoms with Gasteiger partial charge < -0.3 is 4.43 Å². The monoisotopic (exact) mass is 174 g/mol. The first-order valence-electron chi connectivity index (χ1n) is 4.67. The molecule has 0 aromatic rings. The molecule has 0 spiro atoms. The van der Waals surface area contributed by atoms with E-state index in [1.165, 1.54) is 25.7 Å². The molecular weight excluding hydrogens is 152 g/mol. The van der Waals surface area contributed by atoms with Crippen molar-refractivity contribution < 1.29 is 4.43 Å². The number of rotatable bonds is 6. The molecule has 0 unspecified atom stereocenters. The third-order valence-corrected chi connectivity index (χ3v) is 2.49. The van der Waals surface area contributed by atoms with E-state index in [2.05, 4.69) is 20.8 Å². The highest BCUT2D eigenvalue weighted by molar-refractivity contribution is 5.97. The van der Waals surface area contributed by atoms with Gasteiger partial charge in [-0.1, -0.05) is 33.6 Å². The zero-order chi connectivity index (χ0) is 8.74. The summed E-state index contributed by atoms with van der Waals surface area (Å²) in [6.45, 7) is 7.82. The molecule has 1 nitrogen and oxygen atoms in total. The highest BCUT2D eigenvalue weighted by Crippen LogP contribution is 2.28. The van der Waals surface area contributed by atoms with Crippen molar-refractivity contribution in [2.75, 3.05) is 6.61 Å². The van der Waals surface area contributed by atoms with Gasteiger partial charge in [-0.2, -0.15) is 0 Å². The third kappa shape index (κ3) is 4.59. The quantitative estimate of drug-likeness (QED) is 0.559. The smallest absolute Gasteiger partial charge is 0.145 e. The van der Waals surface area contributed by atoms with Crippen LogP contribution in [0, 0.1) is 5.41 Å². The molecule has 0 saturated heterocycles. The number of hydrogen-bond donors (Lipinski definition) is 0. The second kappa shape index (κ2) is 5.78. The molecule has 0 saturated carbocycles. The molecule has 0 aliphatic rings. The van der Waals surface area contributed by atoms with Gasteiger partial charge in [0, 0.05) is 6.61 Å². The molecule has 0 fully saturated rings. The summed E-state index contributed by atoms with van der Waals surface area (Å²) in [7, 11) is 0.884. The summed E-state index contributed by atoms with van der Waals surface area (Å²) >= 11 is 0. The lowest BCUT2D eigenvalue weighted by atomic mass is 9.82. The van der Waals surface area contributed by atoms with Gasteiger partial charge in [0.05, 0.1) is 0 Å². The van der Waals surface area contributed by atoms with Crippen molar-refractivity contribution >= 4 is 10.5 Å². The van der Waals surface area contributed by atoms with E-state index in [1.54, 1.807) is 0 Å². The topological polar surface area (TPSA) is 9.23 Å². The minimum absolute atomic E-state index is 0.464. The van der Waals surface area contributed by atoms with Gasteiger partial charge in [-0.3, -0.25) is 0 Å². The second-order valence-corrected chi connectivity index (χ2v) is 4.32. The average Bonchev–Trinajstić information content (AvgIpc) is 1.88. The Morgan fingerprint density at radius 1 is 1.18 bits per heavy atom. The minimum Gasteiger partial charge on any atom is -0.427 e. The molecule has 0 aromatic heterocycles. The summed E-state index contributed by atoms with van der Waals surface area (Å²) in [6, 6.07) is 0. The van der Waals surface area contributed by atoms with Gasteiger partial charge in [0.1, 0.15) is 10.5 Å².